The summed E-state index contributed by atoms with van der Waals surface area (Å²) >= 11 is 1.12. The molecule has 1 N–H and O–H groups in total. The van der Waals surface area contributed by atoms with Crippen molar-refractivity contribution in [2.75, 3.05) is 26.6 Å². The molecule has 0 saturated heterocycles. The number of rotatable bonds is 7. The predicted octanol–water partition coefficient (Wildman–Crippen LogP) is 4.30. The molecule has 0 bridgehead atoms. The molecular weight excluding hydrogens is 402 g/mol. The Bertz CT molecular complexity index is 1010. The van der Waals surface area contributed by atoms with Crippen LogP contribution < -0.4 is 19.5 Å². The zero-order valence-corrected chi connectivity index (χ0v) is 16.7. The normalized spacial score (nSPS) is 10.5. The van der Waals surface area contributed by atoms with E-state index in [2.05, 4.69) is 10.3 Å². The van der Waals surface area contributed by atoms with E-state index in [9.17, 15) is 13.6 Å². The van der Waals surface area contributed by atoms with Crippen molar-refractivity contribution >= 4 is 22.4 Å². The van der Waals surface area contributed by atoms with Crippen LogP contribution in [0.1, 0.15) is 5.56 Å². The number of halogens is 2. The number of thiazole rings is 1. The highest BCUT2D eigenvalue weighted by molar-refractivity contribution is 7.14. The van der Waals surface area contributed by atoms with Crippen LogP contribution in [0.5, 0.6) is 17.2 Å². The SMILES string of the molecule is COc1cc(CC(=O)Nc2nc(-c3cc(F)ccc3F)cs2)cc(OC)c1OC. The lowest BCUT2D eigenvalue weighted by Crippen LogP contribution is -2.14. The summed E-state index contributed by atoms with van der Waals surface area (Å²) in [6, 6.07) is 6.48. The van der Waals surface area contributed by atoms with E-state index in [1.165, 1.54) is 21.3 Å². The highest BCUT2D eigenvalue weighted by atomic mass is 32.1. The average molecular weight is 420 g/mol. The van der Waals surface area contributed by atoms with Crippen LogP contribution in [0.25, 0.3) is 11.3 Å². The molecule has 0 atom stereocenters. The van der Waals surface area contributed by atoms with E-state index in [4.69, 9.17) is 14.2 Å². The number of hydrogen-bond donors (Lipinski definition) is 1. The Morgan fingerprint density at radius 3 is 2.38 bits per heavy atom. The quantitative estimate of drug-likeness (QED) is 0.617. The molecule has 1 heterocycles. The molecule has 1 amide bonds. The van der Waals surface area contributed by atoms with Gasteiger partial charge in [0.1, 0.15) is 11.6 Å². The molecule has 0 aliphatic heterocycles. The lowest BCUT2D eigenvalue weighted by molar-refractivity contribution is -0.115. The Kier molecular flexibility index (Phi) is 6.28. The van der Waals surface area contributed by atoms with Crippen molar-refractivity contribution in [3.63, 3.8) is 0 Å². The lowest BCUT2D eigenvalue weighted by atomic mass is 10.1. The van der Waals surface area contributed by atoms with Crippen LogP contribution in [0.4, 0.5) is 13.9 Å². The van der Waals surface area contributed by atoms with Gasteiger partial charge in [-0.15, -0.1) is 11.3 Å². The summed E-state index contributed by atoms with van der Waals surface area (Å²) in [5, 5.41) is 4.48. The minimum atomic E-state index is -0.591. The number of aromatic nitrogens is 1. The first-order chi connectivity index (χ1) is 13.9. The van der Waals surface area contributed by atoms with E-state index in [0.29, 0.717) is 22.8 Å². The third-order valence-corrected chi connectivity index (χ3v) is 4.80. The molecule has 6 nitrogen and oxygen atoms in total. The number of carbonyl (C=O) groups is 1. The van der Waals surface area contributed by atoms with Gasteiger partial charge in [0.05, 0.1) is 33.4 Å². The molecule has 0 aliphatic rings. The number of nitrogens with one attached hydrogen (secondary N) is 1. The van der Waals surface area contributed by atoms with Gasteiger partial charge in [-0.3, -0.25) is 4.79 Å². The fourth-order valence-corrected chi connectivity index (χ4v) is 3.46. The standard InChI is InChI=1S/C20H18F2N2O4S/c1-26-16-6-11(7-17(27-2)19(16)28-3)8-18(25)24-20-23-15(10-29-20)13-9-12(21)4-5-14(13)22/h4-7,9-10H,8H2,1-3H3,(H,23,24,25). The molecule has 0 spiro atoms. The van der Waals surface area contributed by atoms with Crippen LogP contribution in [0.2, 0.25) is 0 Å². The van der Waals surface area contributed by atoms with Crippen LogP contribution in [-0.2, 0) is 11.2 Å². The maximum atomic E-state index is 13.9. The summed E-state index contributed by atoms with van der Waals surface area (Å²) in [6.07, 6.45) is 0.0277. The van der Waals surface area contributed by atoms with Crippen LogP contribution in [0.15, 0.2) is 35.7 Å². The second-order valence-corrected chi connectivity index (χ2v) is 6.78. The fraction of sp³-hybridized carbons (Fsp3) is 0.200. The van der Waals surface area contributed by atoms with Gasteiger partial charge in [-0.2, -0.15) is 0 Å². The molecule has 9 heteroatoms. The minimum Gasteiger partial charge on any atom is -0.493 e. The number of benzene rings is 2. The first-order valence-corrected chi connectivity index (χ1v) is 9.32. The molecule has 0 aliphatic carbocycles. The fourth-order valence-electron chi connectivity index (χ4n) is 2.73. The predicted molar refractivity (Wildman–Crippen MR) is 106 cm³/mol. The molecule has 2 aromatic carbocycles. The van der Waals surface area contributed by atoms with Crippen LogP contribution in [0.3, 0.4) is 0 Å². The number of hydrogen-bond acceptors (Lipinski definition) is 6. The number of ether oxygens (including phenoxy) is 3. The van der Waals surface area contributed by atoms with Crippen molar-refractivity contribution in [2.24, 2.45) is 0 Å². The van der Waals surface area contributed by atoms with Gasteiger partial charge in [-0.25, -0.2) is 13.8 Å². The van der Waals surface area contributed by atoms with Crippen molar-refractivity contribution in [3.8, 4) is 28.5 Å². The molecule has 3 rings (SSSR count). The summed E-state index contributed by atoms with van der Waals surface area (Å²) in [5.41, 5.74) is 0.923. The molecule has 0 fully saturated rings. The Balaban J connectivity index is 1.75. The third-order valence-electron chi connectivity index (χ3n) is 4.04. The van der Waals surface area contributed by atoms with Crippen molar-refractivity contribution < 1.29 is 27.8 Å². The van der Waals surface area contributed by atoms with Crippen LogP contribution in [0, 0.1) is 11.6 Å². The first-order valence-electron chi connectivity index (χ1n) is 8.44. The number of amides is 1. The van der Waals surface area contributed by atoms with Crippen LogP contribution >= 0.6 is 11.3 Å². The van der Waals surface area contributed by atoms with Gasteiger partial charge in [-0.05, 0) is 35.9 Å². The molecular formula is C20H18F2N2O4S. The summed E-state index contributed by atoms with van der Waals surface area (Å²) in [5.74, 6) is -0.185. The second-order valence-electron chi connectivity index (χ2n) is 5.92. The van der Waals surface area contributed by atoms with Gasteiger partial charge in [-0.1, -0.05) is 0 Å². The molecule has 0 radical (unpaired) electrons. The van der Waals surface area contributed by atoms with E-state index in [1.807, 2.05) is 0 Å². The largest absolute Gasteiger partial charge is 0.493 e. The summed E-state index contributed by atoms with van der Waals surface area (Å²) in [4.78, 5) is 16.6. The third kappa shape index (κ3) is 4.62. The first kappa shape index (κ1) is 20.5. The zero-order chi connectivity index (χ0) is 21.0. The number of anilines is 1. The van der Waals surface area contributed by atoms with E-state index in [1.54, 1.807) is 17.5 Å². The van der Waals surface area contributed by atoms with Gasteiger partial charge in [0.2, 0.25) is 11.7 Å². The monoisotopic (exact) mass is 420 g/mol. The van der Waals surface area contributed by atoms with E-state index in [-0.39, 0.29) is 28.7 Å². The Morgan fingerprint density at radius 2 is 1.76 bits per heavy atom. The average Bonchev–Trinajstić information content (AvgIpc) is 3.16. The number of methoxy groups -OCH3 is 3. The molecule has 152 valence electrons. The smallest absolute Gasteiger partial charge is 0.230 e. The molecule has 29 heavy (non-hydrogen) atoms. The van der Waals surface area contributed by atoms with E-state index >= 15 is 0 Å². The molecule has 0 unspecified atom stereocenters. The maximum Gasteiger partial charge on any atom is 0.230 e. The zero-order valence-electron chi connectivity index (χ0n) is 15.9. The summed E-state index contributed by atoms with van der Waals surface area (Å²) < 4.78 is 43.1. The van der Waals surface area contributed by atoms with Gasteiger partial charge in [0.25, 0.3) is 0 Å². The second kappa shape index (κ2) is 8.87. The highest BCUT2D eigenvalue weighted by Crippen LogP contribution is 2.38. The van der Waals surface area contributed by atoms with E-state index in [0.717, 1.165) is 29.5 Å². The highest BCUT2D eigenvalue weighted by Gasteiger charge is 2.16. The Labute approximate surface area is 170 Å². The van der Waals surface area contributed by atoms with Crippen molar-refractivity contribution in [3.05, 3.63) is 52.9 Å². The summed E-state index contributed by atoms with van der Waals surface area (Å²) in [7, 11) is 4.47. The topological polar surface area (TPSA) is 69.7 Å². The number of carbonyl (C=O) groups excluding carboxylic acids is 1. The Morgan fingerprint density at radius 1 is 1.07 bits per heavy atom. The van der Waals surface area contributed by atoms with Gasteiger partial charge in [0, 0.05) is 10.9 Å². The minimum absolute atomic E-state index is 0.0277. The maximum absolute atomic E-state index is 13.9. The Hall–Kier alpha value is -3.20. The van der Waals surface area contributed by atoms with Gasteiger partial charge < -0.3 is 19.5 Å². The number of nitrogens with zero attached hydrogens (tertiary/aromatic N) is 1. The summed E-state index contributed by atoms with van der Waals surface area (Å²) in [6.45, 7) is 0. The van der Waals surface area contributed by atoms with Crippen LogP contribution in [-0.4, -0.2) is 32.2 Å². The molecule has 0 saturated carbocycles. The van der Waals surface area contributed by atoms with Gasteiger partial charge >= 0.3 is 0 Å². The van der Waals surface area contributed by atoms with Crippen molar-refractivity contribution in [1.29, 1.82) is 0 Å². The van der Waals surface area contributed by atoms with Crippen molar-refractivity contribution in [2.45, 2.75) is 6.42 Å². The van der Waals surface area contributed by atoms with Gasteiger partial charge in [0.15, 0.2) is 16.6 Å². The molecule has 1 aromatic heterocycles. The van der Waals surface area contributed by atoms with Crippen molar-refractivity contribution in [1.82, 2.24) is 4.98 Å². The van der Waals surface area contributed by atoms with E-state index < -0.39 is 11.6 Å². The lowest BCUT2D eigenvalue weighted by Gasteiger charge is -2.13. The molecule has 3 aromatic rings.